The first kappa shape index (κ1) is 32.7. The Morgan fingerprint density at radius 3 is 2.59 bits per heavy atom. The second-order valence-corrected chi connectivity index (χ2v) is 13.5. The lowest BCUT2D eigenvalue weighted by molar-refractivity contribution is -0.181. The number of aliphatic imine (C=N–C) groups is 1. The fraction of sp³-hybridized carbons (Fsp3) is 0.419. The van der Waals surface area contributed by atoms with Gasteiger partial charge in [0, 0.05) is 43.7 Å². The Kier molecular flexibility index (Phi) is 10.1. The summed E-state index contributed by atoms with van der Waals surface area (Å²) in [6.07, 6.45) is 1.91. The largest absolute Gasteiger partial charge is 0.444 e. The second-order valence-electron chi connectivity index (χ2n) is 11.6. The van der Waals surface area contributed by atoms with E-state index in [2.05, 4.69) is 16.4 Å². The van der Waals surface area contributed by atoms with Crippen LogP contribution in [0.4, 0.5) is 10.5 Å². The summed E-state index contributed by atoms with van der Waals surface area (Å²) in [6, 6.07) is 14.2. The molecule has 0 atom stereocenters. The summed E-state index contributed by atoms with van der Waals surface area (Å²) in [4.78, 5) is 35.8. The van der Waals surface area contributed by atoms with Gasteiger partial charge >= 0.3 is 6.09 Å². The number of nitrogens with one attached hydrogen (secondary N) is 1. The van der Waals surface area contributed by atoms with Crippen LogP contribution in [0.3, 0.4) is 0 Å². The summed E-state index contributed by atoms with van der Waals surface area (Å²) in [6.45, 7) is 8.15. The highest BCUT2D eigenvalue weighted by atomic mass is 32.2. The molecule has 4 rings (SSSR count). The van der Waals surface area contributed by atoms with Gasteiger partial charge in [-0.2, -0.15) is 9.57 Å². The van der Waals surface area contributed by atoms with Crippen molar-refractivity contribution in [3.63, 3.8) is 0 Å². The number of ether oxygens (including phenoxy) is 1. The van der Waals surface area contributed by atoms with Gasteiger partial charge in [-0.25, -0.2) is 23.3 Å². The highest BCUT2D eigenvalue weighted by Gasteiger charge is 2.36. The molecular formula is C31H38N6O6S. The number of carbonyl (C=O) groups excluding carboxylic acids is 2. The SMILES string of the molecule is CCCN(OCCNC(=O)OC(C)(C)C)C(=O)C1=Cc2ccc(-c3cccc(S(=O)(=O)N4CC(C#N)C4)c3)cc2N=C(N)C1. The average Bonchev–Trinajstić information content (AvgIpc) is 3.10. The molecule has 2 aromatic rings. The quantitative estimate of drug-likeness (QED) is 0.296. The molecule has 12 nitrogen and oxygen atoms in total. The summed E-state index contributed by atoms with van der Waals surface area (Å²) < 4.78 is 32.6. The molecule has 0 aromatic heterocycles. The van der Waals surface area contributed by atoms with E-state index in [0.29, 0.717) is 35.4 Å². The Balaban J connectivity index is 1.50. The number of fused-ring (bicyclic) bond motifs is 1. The standard InChI is InChI=1S/C31H38N6O6S/c1-5-12-37(42-13-11-34-30(39)43-31(2,3)4)29(38)25-14-24-10-9-23(16-27(24)35-28(33)17-25)22-7-6-8-26(15-22)44(40,41)36-19-21(18-32)20-36/h6-10,14-16,21H,5,11-13,17,19-20H2,1-4H3,(H2,33,35)(H,34,39). The normalized spacial score (nSPS) is 15.5. The van der Waals surface area contributed by atoms with Gasteiger partial charge in [0.15, 0.2) is 0 Å². The van der Waals surface area contributed by atoms with Gasteiger partial charge in [-0.3, -0.25) is 9.63 Å². The molecule has 3 N–H and O–H groups in total. The third kappa shape index (κ3) is 8.02. The fourth-order valence-corrected chi connectivity index (χ4v) is 6.20. The minimum Gasteiger partial charge on any atom is -0.444 e. The summed E-state index contributed by atoms with van der Waals surface area (Å²) >= 11 is 0. The van der Waals surface area contributed by atoms with E-state index in [9.17, 15) is 18.0 Å². The first-order valence-electron chi connectivity index (χ1n) is 14.4. The topological polar surface area (TPSA) is 167 Å². The molecule has 0 radical (unpaired) electrons. The van der Waals surface area contributed by atoms with E-state index in [1.54, 1.807) is 51.1 Å². The predicted molar refractivity (Wildman–Crippen MR) is 166 cm³/mol. The molecule has 0 saturated carbocycles. The molecule has 44 heavy (non-hydrogen) atoms. The first-order chi connectivity index (χ1) is 20.8. The third-order valence-electron chi connectivity index (χ3n) is 6.78. The molecule has 2 amide bonds. The number of carbonyl (C=O) groups is 2. The Labute approximate surface area is 258 Å². The lowest BCUT2D eigenvalue weighted by Gasteiger charge is -2.34. The monoisotopic (exact) mass is 622 g/mol. The number of nitrogens with two attached hydrogens (primary N) is 1. The number of alkyl carbamates (subject to hydrolysis) is 1. The second kappa shape index (κ2) is 13.6. The summed E-state index contributed by atoms with van der Waals surface area (Å²) in [7, 11) is -3.71. The highest BCUT2D eigenvalue weighted by molar-refractivity contribution is 7.89. The van der Waals surface area contributed by atoms with Crippen molar-refractivity contribution in [3.8, 4) is 17.2 Å². The summed E-state index contributed by atoms with van der Waals surface area (Å²) in [5.74, 6) is -0.404. The fourth-order valence-electron chi connectivity index (χ4n) is 4.62. The van der Waals surface area contributed by atoms with E-state index < -0.39 is 21.7 Å². The van der Waals surface area contributed by atoms with Crippen LogP contribution in [0.5, 0.6) is 0 Å². The minimum atomic E-state index is -3.71. The van der Waals surface area contributed by atoms with E-state index in [4.69, 9.17) is 20.6 Å². The molecule has 1 saturated heterocycles. The zero-order valence-electron chi connectivity index (χ0n) is 25.4. The number of nitrogens with zero attached hydrogens (tertiary/aromatic N) is 4. The van der Waals surface area contributed by atoms with Crippen molar-refractivity contribution in [1.29, 1.82) is 5.26 Å². The van der Waals surface area contributed by atoms with Gasteiger partial charge in [0.05, 0.1) is 29.2 Å². The van der Waals surface area contributed by atoms with E-state index in [0.717, 1.165) is 5.56 Å². The lowest BCUT2D eigenvalue weighted by atomic mass is 10.0. The average molecular weight is 623 g/mol. The van der Waals surface area contributed by atoms with Crippen molar-refractivity contribution in [2.24, 2.45) is 16.6 Å². The van der Waals surface area contributed by atoms with Gasteiger partial charge in [-0.05, 0) is 62.6 Å². The molecule has 2 aliphatic heterocycles. The molecule has 0 aliphatic carbocycles. The number of rotatable bonds is 10. The van der Waals surface area contributed by atoms with Crippen molar-refractivity contribution in [1.82, 2.24) is 14.7 Å². The molecule has 2 aromatic carbocycles. The van der Waals surface area contributed by atoms with Crippen LogP contribution in [-0.2, 0) is 24.4 Å². The molecular weight excluding hydrogens is 584 g/mol. The van der Waals surface area contributed by atoms with Gasteiger partial charge in [0.25, 0.3) is 5.91 Å². The Morgan fingerprint density at radius 2 is 1.91 bits per heavy atom. The number of hydroxylamine groups is 2. The van der Waals surface area contributed by atoms with E-state index in [1.165, 1.54) is 15.4 Å². The highest BCUT2D eigenvalue weighted by Crippen LogP contribution is 2.34. The molecule has 0 unspecified atom stereocenters. The lowest BCUT2D eigenvalue weighted by Crippen LogP contribution is -2.49. The minimum absolute atomic E-state index is 0.0627. The molecule has 1 fully saturated rings. The van der Waals surface area contributed by atoms with E-state index in [1.807, 2.05) is 19.1 Å². The van der Waals surface area contributed by atoms with Crippen molar-refractivity contribution in [2.75, 3.05) is 32.8 Å². The Hall–Kier alpha value is -4.25. The van der Waals surface area contributed by atoms with E-state index >= 15 is 0 Å². The van der Waals surface area contributed by atoms with Gasteiger partial charge in [-0.1, -0.05) is 31.2 Å². The number of sulfonamides is 1. The summed E-state index contributed by atoms with van der Waals surface area (Å²) in [5, 5.41) is 12.9. The first-order valence-corrected chi connectivity index (χ1v) is 15.8. The Morgan fingerprint density at radius 1 is 1.18 bits per heavy atom. The number of amides is 2. The molecule has 13 heteroatoms. The molecule has 0 bridgehead atoms. The van der Waals surface area contributed by atoms with Crippen LogP contribution in [0.1, 0.15) is 46.1 Å². The predicted octanol–water partition coefficient (Wildman–Crippen LogP) is 3.97. The van der Waals surface area contributed by atoms with Crippen LogP contribution in [-0.4, -0.2) is 74.0 Å². The number of hydrogen-bond acceptors (Lipinski definition) is 9. The number of hydrogen-bond donors (Lipinski definition) is 2. The smallest absolute Gasteiger partial charge is 0.407 e. The number of amidine groups is 1. The van der Waals surface area contributed by atoms with E-state index in [-0.39, 0.29) is 55.2 Å². The van der Waals surface area contributed by atoms with Crippen LogP contribution < -0.4 is 11.1 Å². The number of benzene rings is 2. The number of nitriles is 1. The van der Waals surface area contributed by atoms with Crippen molar-refractivity contribution >= 4 is 39.6 Å². The zero-order valence-corrected chi connectivity index (χ0v) is 26.2. The van der Waals surface area contributed by atoms with Gasteiger partial charge in [0.2, 0.25) is 10.0 Å². The van der Waals surface area contributed by atoms with Crippen LogP contribution >= 0.6 is 0 Å². The molecule has 0 spiro atoms. The summed E-state index contributed by atoms with van der Waals surface area (Å²) in [5.41, 5.74) is 8.62. The van der Waals surface area contributed by atoms with Crippen molar-refractivity contribution in [3.05, 3.63) is 53.6 Å². The third-order valence-corrected chi connectivity index (χ3v) is 8.60. The van der Waals surface area contributed by atoms with Gasteiger partial charge < -0.3 is 15.8 Å². The van der Waals surface area contributed by atoms with Crippen LogP contribution in [0.25, 0.3) is 17.2 Å². The molecule has 234 valence electrons. The maximum Gasteiger partial charge on any atom is 0.407 e. The van der Waals surface area contributed by atoms with Gasteiger partial charge in [-0.15, -0.1) is 0 Å². The van der Waals surface area contributed by atoms with Crippen molar-refractivity contribution in [2.45, 2.75) is 51.0 Å². The van der Waals surface area contributed by atoms with Crippen molar-refractivity contribution < 1.29 is 27.6 Å². The Bertz CT molecular complexity index is 1620. The zero-order chi connectivity index (χ0) is 32.1. The van der Waals surface area contributed by atoms with Crippen LogP contribution in [0, 0.1) is 17.2 Å². The maximum absolute atomic E-state index is 13.5. The maximum atomic E-state index is 13.5. The molecule has 2 aliphatic rings. The van der Waals surface area contributed by atoms with Crippen LogP contribution in [0.15, 0.2) is 57.9 Å². The van der Waals surface area contributed by atoms with Crippen LogP contribution in [0.2, 0.25) is 0 Å². The van der Waals surface area contributed by atoms with Gasteiger partial charge in [0.1, 0.15) is 11.4 Å². The molecule has 2 heterocycles.